The maximum atomic E-state index is 6.04. The van der Waals surface area contributed by atoms with E-state index >= 15 is 0 Å². The summed E-state index contributed by atoms with van der Waals surface area (Å²) in [6.07, 6.45) is 0.230. The van der Waals surface area contributed by atoms with Gasteiger partial charge >= 0.3 is 0 Å². The number of aryl methyl sites for hydroxylation is 1. The van der Waals surface area contributed by atoms with Gasteiger partial charge in [0.15, 0.2) is 0 Å². The van der Waals surface area contributed by atoms with Gasteiger partial charge in [-0.1, -0.05) is 55.0 Å². The molecule has 3 rings (SSSR count). The number of hydrogen-bond donors (Lipinski definition) is 1. The summed E-state index contributed by atoms with van der Waals surface area (Å²) < 4.78 is 6.04. The van der Waals surface area contributed by atoms with Gasteiger partial charge in [0.2, 0.25) is 0 Å². The van der Waals surface area contributed by atoms with Gasteiger partial charge in [0.1, 0.15) is 11.9 Å². The van der Waals surface area contributed by atoms with E-state index in [2.05, 4.69) is 74.6 Å². The van der Waals surface area contributed by atoms with Gasteiger partial charge in [-0.3, -0.25) is 0 Å². The summed E-state index contributed by atoms with van der Waals surface area (Å²) in [5, 5.41) is 3.72. The molecule has 0 amide bonds. The molecule has 110 valence electrons. The summed E-state index contributed by atoms with van der Waals surface area (Å²) >= 11 is 0. The van der Waals surface area contributed by atoms with Crippen LogP contribution in [0.5, 0.6) is 5.75 Å². The van der Waals surface area contributed by atoms with Crippen LogP contribution in [-0.2, 0) is 6.54 Å². The molecule has 0 aliphatic carbocycles. The van der Waals surface area contributed by atoms with E-state index in [4.69, 9.17) is 4.74 Å². The van der Waals surface area contributed by atoms with Crippen molar-refractivity contribution in [1.29, 1.82) is 0 Å². The van der Waals surface area contributed by atoms with Gasteiger partial charge in [0, 0.05) is 24.1 Å². The Balaban J connectivity index is 1.84. The molecule has 0 spiro atoms. The molecule has 2 nitrogen and oxygen atoms in total. The minimum atomic E-state index is 0.230. The maximum Gasteiger partial charge on any atom is 0.124 e. The number of rotatable bonds is 3. The fourth-order valence-electron chi connectivity index (χ4n) is 3.00. The zero-order chi connectivity index (χ0) is 14.8. The summed E-state index contributed by atoms with van der Waals surface area (Å²) in [4.78, 5) is 0. The van der Waals surface area contributed by atoms with Crippen molar-refractivity contribution in [3.63, 3.8) is 0 Å². The highest BCUT2D eigenvalue weighted by molar-refractivity contribution is 5.41. The van der Waals surface area contributed by atoms with E-state index in [1.807, 2.05) is 0 Å². The van der Waals surface area contributed by atoms with Gasteiger partial charge in [-0.05, 0) is 25.5 Å². The van der Waals surface area contributed by atoms with Crippen molar-refractivity contribution >= 4 is 0 Å². The molecule has 1 aliphatic heterocycles. The predicted molar refractivity (Wildman–Crippen MR) is 86.5 cm³/mol. The first-order valence-electron chi connectivity index (χ1n) is 7.69. The van der Waals surface area contributed by atoms with Crippen molar-refractivity contribution < 1.29 is 4.74 Å². The first-order valence-corrected chi connectivity index (χ1v) is 7.69. The van der Waals surface area contributed by atoms with Crippen LogP contribution in [-0.4, -0.2) is 6.10 Å². The van der Waals surface area contributed by atoms with Crippen molar-refractivity contribution in [2.75, 3.05) is 0 Å². The molecule has 1 heterocycles. The van der Waals surface area contributed by atoms with Gasteiger partial charge in [0.25, 0.3) is 0 Å². The van der Waals surface area contributed by atoms with Crippen molar-refractivity contribution in [2.24, 2.45) is 5.92 Å². The van der Waals surface area contributed by atoms with Crippen LogP contribution in [0.1, 0.15) is 36.6 Å². The molecule has 0 aromatic heterocycles. The molecule has 0 radical (unpaired) electrons. The maximum absolute atomic E-state index is 6.04. The monoisotopic (exact) mass is 281 g/mol. The van der Waals surface area contributed by atoms with Crippen LogP contribution in [0, 0.1) is 12.8 Å². The Kier molecular flexibility index (Phi) is 3.98. The highest BCUT2D eigenvalue weighted by Gasteiger charge is 2.32. The zero-order valence-electron chi connectivity index (χ0n) is 13.0. The van der Waals surface area contributed by atoms with Gasteiger partial charge < -0.3 is 10.1 Å². The second-order valence-corrected chi connectivity index (χ2v) is 6.07. The number of ether oxygens (including phenoxy) is 1. The molecule has 1 N–H and O–H groups in total. The van der Waals surface area contributed by atoms with E-state index < -0.39 is 0 Å². The molecule has 0 saturated carbocycles. The van der Waals surface area contributed by atoms with Crippen LogP contribution in [0.3, 0.4) is 0 Å². The minimum absolute atomic E-state index is 0.230. The smallest absolute Gasteiger partial charge is 0.124 e. The Hall–Kier alpha value is -1.80. The second-order valence-electron chi connectivity index (χ2n) is 6.07. The lowest BCUT2D eigenvalue weighted by molar-refractivity contribution is 0.106. The molecule has 2 aromatic rings. The molecule has 1 aliphatic rings. The first-order chi connectivity index (χ1) is 10.1. The van der Waals surface area contributed by atoms with E-state index in [-0.39, 0.29) is 6.10 Å². The van der Waals surface area contributed by atoms with Crippen molar-refractivity contribution in [3.05, 3.63) is 65.2 Å². The normalized spacial score (nSPS) is 24.2. The van der Waals surface area contributed by atoms with E-state index in [1.165, 1.54) is 16.7 Å². The van der Waals surface area contributed by atoms with E-state index in [9.17, 15) is 0 Å². The van der Waals surface area contributed by atoms with E-state index in [0.717, 1.165) is 12.3 Å². The Bertz CT molecular complexity index is 608. The van der Waals surface area contributed by atoms with Gasteiger partial charge in [-0.15, -0.1) is 0 Å². The molecule has 0 fully saturated rings. The molecule has 3 unspecified atom stereocenters. The van der Waals surface area contributed by atoms with Crippen LogP contribution in [0.2, 0.25) is 0 Å². The van der Waals surface area contributed by atoms with Crippen molar-refractivity contribution in [3.8, 4) is 5.75 Å². The average molecular weight is 281 g/mol. The van der Waals surface area contributed by atoms with Gasteiger partial charge in [-0.2, -0.15) is 0 Å². The fraction of sp³-hybridized carbons (Fsp3) is 0.368. The van der Waals surface area contributed by atoms with E-state index in [0.29, 0.717) is 12.0 Å². The SMILES string of the molecule is Cc1ccc2c(c1)C(NCc1ccccc1)C(C)C(C)O2. The zero-order valence-corrected chi connectivity index (χ0v) is 13.0. The number of nitrogens with one attached hydrogen (secondary N) is 1. The predicted octanol–water partition coefficient (Wildman–Crippen LogP) is 4.24. The average Bonchev–Trinajstić information content (AvgIpc) is 2.49. The third kappa shape index (κ3) is 2.96. The lowest BCUT2D eigenvalue weighted by atomic mass is 9.86. The quantitative estimate of drug-likeness (QED) is 0.908. The van der Waals surface area contributed by atoms with Crippen LogP contribution in [0.4, 0.5) is 0 Å². The summed E-state index contributed by atoms with van der Waals surface area (Å²) in [6.45, 7) is 7.44. The Morgan fingerprint density at radius 3 is 2.57 bits per heavy atom. The topological polar surface area (TPSA) is 21.3 Å². The van der Waals surface area contributed by atoms with Crippen LogP contribution in [0.15, 0.2) is 48.5 Å². The summed E-state index contributed by atoms with van der Waals surface area (Å²) in [5.74, 6) is 1.47. The van der Waals surface area contributed by atoms with Crippen LogP contribution in [0.25, 0.3) is 0 Å². The Morgan fingerprint density at radius 1 is 1.05 bits per heavy atom. The lowest BCUT2D eigenvalue weighted by Gasteiger charge is -2.37. The lowest BCUT2D eigenvalue weighted by Crippen LogP contribution is -2.38. The summed E-state index contributed by atoms with van der Waals surface area (Å²) in [5.41, 5.74) is 3.89. The largest absolute Gasteiger partial charge is 0.490 e. The first kappa shape index (κ1) is 14.2. The Labute approximate surface area is 127 Å². The summed E-state index contributed by atoms with van der Waals surface area (Å²) in [7, 11) is 0. The third-order valence-electron chi connectivity index (χ3n) is 4.45. The Morgan fingerprint density at radius 2 is 1.81 bits per heavy atom. The fourth-order valence-corrected chi connectivity index (χ4v) is 3.00. The molecule has 21 heavy (non-hydrogen) atoms. The number of fused-ring (bicyclic) bond motifs is 1. The molecule has 2 aromatic carbocycles. The van der Waals surface area contributed by atoms with Crippen molar-refractivity contribution in [2.45, 2.75) is 39.5 Å². The highest BCUT2D eigenvalue weighted by atomic mass is 16.5. The van der Waals surface area contributed by atoms with Crippen LogP contribution >= 0.6 is 0 Å². The molecule has 3 atom stereocenters. The standard InChI is InChI=1S/C19H23NO/c1-13-9-10-18-17(11-13)19(14(2)15(3)21-18)20-12-16-7-5-4-6-8-16/h4-11,14-15,19-20H,12H2,1-3H3. The van der Waals surface area contributed by atoms with Crippen LogP contribution < -0.4 is 10.1 Å². The molecular formula is C19H23NO. The molecule has 2 heteroatoms. The minimum Gasteiger partial charge on any atom is -0.490 e. The number of hydrogen-bond acceptors (Lipinski definition) is 2. The second kappa shape index (κ2) is 5.90. The van der Waals surface area contributed by atoms with E-state index in [1.54, 1.807) is 0 Å². The molecule has 0 saturated heterocycles. The third-order valence-corrected chi connectivity index (χ3v) is 4.45. The number of benzene rings is 2. The highest BCUT2D eigenvalue weighted by Crippen LogP contribution is 2.39. The van der Waals surface area contributed by atoms with Gasteiger partial charge in [-0.25, -0.2) is 0 Å². The molecular weight excluding hydrogens is 258 g/mol. The van der Waals surface area contributed by atoms with Gasteiger partial charge in [0.05, 0.1) is 0 Å². The molecule has 0 bridgehead atoms. The van der Waals surface area contributed by atoms with Crippen molar-refractivity contribution in [1.82, 2.24) is 5.32 Å². The summed E-state index contributed by atoms with van der Waals surface area (Å²) in [6, 6.07) is 17.4.